The van der Waals surface area contributed by atoms with E-state index in [2.05, 4.69) is 6.92 Å². The molecule has 0 spiro atoms. The van der Waals surface area contributed by atoms with Crippen LogP contribution in [-0.2, 0) is 4.79 Å². The first kappa shape index (κ1) is 13.5. The number of likely N-dealkylation sites (N-methyl/N-ethyl adjacent to an activating group) is 1. The Labute approximate surface area is 99.4 Å². The lowest BCUT2D eigenvalue weighted by atomic mass is 9.84. The SMILES string of the molecule is CC1CCCCC1N(C)C(=O)[C@@H](N)C(C)C. The van der Waals surface area contributed by atoms with Gasteiger partial charge >= 0.3 is 0 Å². The lowest BCUT2D eigenvalue weighted by molar-refractivity contribution is -0.136. The summed E-state index contributed by atoms with van der Waals surface area (Å²) in [6.07, 6.45) is 4.91. The van der Waals surface area contributed by atoms with Crippen LogP contribution in [0.2, 0.25) is 0 Å². The molecule has 1 rings (SSSR count). The first-order valence-corrected chi connectivity index (χ1v) is 6.47. The largest absolute Gasteiger partial charge is 0.341 e. The molecule has 0 aromatic heterocycles. The zero-order valence-corrected chi connectivity index (χ0v) is 11.1. The van der Waals surface area contributed by atoms with Crippen LogP contribution in [0.5, 0.6) is 0 Å². The first-order valence-electron chi connectivity index (χ1n) is 6.47. The number of hydrogen-bond acceptors (Lipinski definition) is 2. The molecule has 0 heterocycles. The van der Waals surface area contributed by atoms with Gasteiger partial charge in [0.15, 0.2) is 0 Å². The fourth-order valence-electron chi connectivity index (χ4n) is 2.56. The van der Waals surface area contributed by atoms with E-state index in [0.717, 1.165) is 6.42 Å². The molecule has 0 saturated heterocycles. The van der Waals surface area contributed by atoms with Crippen molar-refractivity contribution in [2.45, 2.75) is 58.5 Å². The summed E-state index contributed by atoms with van der Waals surface area (Å²) in [4.78, 5) is 14.0. The summed E-state index contributed by atoms with van der Waals surface area (Å²) in [6.45, 7) is 6.25. The second-order valence-corrected chi connectivity index (χ2v) is 5.55. The summed E-state index contributed by atoms with van der Waals surface area (Å²) in [5.41, 5.74) is 5.92. The minimum atomic E-state index is -0.348. The summed E-state index contributed by atoms with van der Waals surface area (Å²) in [7, 11) is 1.91. The average Bonchev–Trinajstić information content (AvgIpc) is 2.26. The maximum absolute atomic E-state index is 12.1. The van der Waals surface area contributed by atoms with E-state index in [-0.39, 0.29) is 17.9 Å². The highest BCUT2D eigenvalue weighted by molar-refractivity contribution is 5.82. The van der Waals surface area contributed by atoms with Gasteiger partial charge in [-0.3, -0.25) is 4.79 Å². The van der Waals surface area contributed by atoms with Crippen molar-refractivity contribution in [2.24, 2.45) is 17.6 Å². The highest BCUT2D eigenvalue weighted by Gasteiger charge is 2.30. The van der Waals surface area contributed by atoms with Gasteiger partial charge in [-0.15, -0.1) is 0 Å². The van der Waals surface area contributed by atoms with Crippen molar-refractivity contribution in [3.63, 3.8) is 0 Å². The predicted molar refractivity (Wildman–Crippen MR) is 67.0 cm³/mol. The summed E-state index contributed by atoms with van der Waals surface area (Å²) in [5, 5.41) is 0. The number of hydrogen-bond donors (Lipinski definition) is 1. The number of carbonyl (C=O) groups is 1. The van der Waals surface area contributed by atoms with Crippen LogP contribution in [0.1, 0.15) is 46.5 Å². The monoisotopic (exact) mass is 226 g/mol. The topological polar surface area (TPSA) is 46.3 Å². The minimum Gasteiger partial charge on any atom is -0.341 e. The van der Waals surface area contributed by atoms with Crippen molar-refractivity contribution in [3.05, 3.63) is 0 Å². The van der Waals surface area contributed by atoms with Crippen LogP contribution in [0.4, 0.5) is 0 Å². The number of amides is 1. The fourth-order valence-corrected chi connectivity index (χ4v) is 2.56. The molecule has 0 bridgehead atoms. The molecule has 2 N–H and O–H groups in total. The van der Waals surface area contributed by atoms with Crippen molar-refractivity contribution in [1.29, 1.82) is 0 Å². The summed E-state index contributed by atoms with van der Waals surface area (Å²) in [6, 6.07) is 0.0465. The Balaban J connectivity index is 2.61. The van der Waals surface area contributed by atoms with Gasteiger partial charge in [-0.25, -0.2) is 0 Å². The second kappa shape index (κ2) is 5.67. The maximum atomic E-state index is 12.1. The molecule has 94 valence electrons. The van der Waals surface area contributed by atoms with Crippen LogP contribution in [0.25, 0.3) is 0 Å². The Morgan fingerprint density at radius 1 is 1.31 bits per heavy atom. The van der Waals surface area contributed by atoms with Crippen molar-refractivity contribution < 1.29 is 4.79 Å². The van der Waals surface area contributed by atoms with E-state index in [1.54, 1.807) is 0 Å². The van der Waals surface area contributed by atoms with Crippen LogP contribution in [-0.4, -0.2) is 29.9 Å². The summed E-state index contributed by atoms with van der Waals surface area (Å²) < 4.78 is 0. The Morgan fingerprint density at radius 2 is 1.88 bits per heavy atom. The van der Waals surface area contributed by atoms with Gasteiger partial charge in [0.25, 0.3) is 0 Å². The smallest absolute Gasteiger partial charge is 0.239 e. The molecule has 0 aromatic rings. The lowest BCUT2D eigenvalue weighted by Crippen LogP contribution is -2.51. The number of rotatable bonds is 3. The molecule has 0 aromatic carbocycles. The van der Waals surface area contributed by atoms with Crippen molar-refractivity contribution >= 4 is 5.91 Å². The van der Waals surface area contributed by atoms with E-state index in [4.69, 9.17) is 5.73 Å². The van der Waals surface area contributed by atoms with E-state index >= 15 is 0 Å². The number of nitrogens with two attached hydrogens (primary N) is 1. The third-order valence-corrected chi connectivity index (χ3v) is 3.91. The highest BCUT2D eigenvalue weighted by Crippen LogP contribution is 2.27. The van der Waals surface area contributed by atoms with Crippen LogP contribution in [0.3, 0.4) is 0 Å². The molecule has 0 aliphatic heterocycles. The van der Waals surface area contributed by atoms with Gasteiger partial charge in [0.05, 0.1) is 6.04 Å². The van der Waals surface area contributed by atoms with Crippen molar-refractivity contribution in [3.8, 4) is 0 Å². The molecule has 3 atom stereocenters. The fraction of sp³-hybridized carbons (Fsp3) is 0.923. The van der Waals surface area contributed by atoms with Crippen LogP contribution < -0.4 is 5.73 Å². The van der Waals surface area contributed by atoms with Gasteiger partial charge in [-0.2, -0.15) is 0 Å². The van der Waals surface area contributed by atoms with Crippen LogP contribution in [0.15, 0.2) is 0 Å². The van der Waals surface area contributed by atoms with Gasteiger partial charge in [0.2, 0.25) is 5.91 Å². The quantitative estimate of drug-likeness (QED) is 0.800. The molecular formula is C13H26N2O. The molecular weight excluding hydrogens is 200 g/mol. The van der Waals surface area contributed by atoms with Crippen LogP contribution >= 0.6 is 0 Å². The van der Waals surface area contributed by atoms with Gasteiger partial charge in [0.1, 0.15) is 0 Å². The molecule has 1 saturated carbocycles. The van der Waals surface area contributed by atoms with E-state index in [1.807, 2.05) is 25.8 Å². The number of carbonyl (C=O) groups excluding carboxylic acids is 1. The van der Waals surface area contributed by atoms with E-state index < -0.39 is 0 Å². The molecule has 3 heteroatoms. The molecule has 1 fully saturated rings. The maximum Gasteiger partial charge on any atom is 0.239 e. The van der Waals surface area contributed by atoms with Gasteiger partial charge in [-0.1, -0.05) is 33.6 Å². The first-order chi connectivity index (χ1) is 7.45. The second-order valence-electron chi connectivity index (χ2n) is 5.55. The summed E-state index contributed by atoms with van der Waals surface area (Å²) >= 11 is 0. The van der Waals surface area contributed by atoms with Crippen LogP contribution in [0, 0.1) is 11.8 Å². The number of nitrogens with zero attached hydrogens (tertiary/aromatic N) is 1. The Morgan fingerprint density at radius 3 is 2.38 bits per heavy atom. The Bertz CT molecular complexity index is 240. The lowest BCUT2D eigenvalue weighted by Gasteiger charge is -2.37. The summed E-state index contributed by atoms with van der Waals surface area (Å²) in [5.74, 6) is 0.935. The van der Waals surface area contributed by atoms with Gasteiger partial charge < -0.3 is 10.6 Å². The predicted octanol–water partition coefficient (Wildman–Crippen LogP) is 2.01. The normalized spacial score (nSPS) is 27.9. The zero-order chi connectivity index (χ0) is 12.3. The average molecular weight is 226 g/mol. The molecule has 2 unspecified atom stereocenters. The van der Waals surface area contributed by atoms with E-state index in [0.29, 0.717) is 12.0 Å². The van der Waals surface area contributed by atoms with E-state index in [9.17, 15) is 4.79 Å². The standard InChI is InChI=1S/C13H26N2O/c1-9(2)12(14)13(16)15(4)11-8-6-5-7-10(11)3/h9-12H,5-8,14H2,1-4H3/t10?,11?,12-/m0/s1. The van der Waals surface area contributed by atoms with E-state index in [1.165, 1.54) is 19.3 Å². The molecule has 16 heavy (non-hydrogen) atoms. The highest BCUT2D eigenvalue weighted by atomic mass is 16.2. The molecule has 3 nitrogen and oxygen atoms in total. The molecule has 1 aliphatic rings. The van der Waals surface area contributed by atoms with Crippen molar-refractivity contribution in [1.82, 2.24) is 4.90 Å². The van der Waals surface area contributed by atoms with Gasteiger partial charge in [0, 0.05) is 13.1 Å². The Kier molecular flexibility index (Phi) is 4.78. The van der Waals surface area contributed by atoms with Gasteiger partial charge in [-0.05, 0) is 24.7 Å². The third-order valence-electron chi connectivity index (χ3n) is 3.91. The minimum absolute atomic E-state index is 0.105. The molecule has 1 aliphatic carbocycles. The molecule has 1 amide bonds. The third kappa shape index (κ3) is 2.97. The van der Waals surface area contributed by atoms with Crippen molar-refractivity contribution in [2.75, 3.05) is 7.05 Å². The Hall–Kier alpha value is -0.570. The molecule has 0 radical (unpaired) electrons. The zero-order valence-electron chi connectivity index (χ0n) is 11.1.